The Morgan fingerprint density at radius 3 is 2.55 bits per heavy atom. The number of ether oxygens (including phenoxy) is 2. The summed E-state index contributed by atoms with van der Waals surface area (Å²) in [5, 5.41) is 2.63. The summed E-state index contributed by atoms with van der Waals surface area (Å²) in [6.45, 7) is 1.83. The molecule has 1 saturated carbocycles. The number of aromatic nitrogens is 4. The van der Waals surface area contributed by atoms with Crippen LogP contribution in [0.25, 0.3) is 16.9 Å². The fourth-order valence-corrected chi connectivity index (χ4v) is 3.17. The first-order chi connectivity index (χ1) is 13.8. The highest BCUT2D eigenvalue weighted by molar-refractivity contribution is 5.69. The number of aryl methyl sites for hydroxylation is 1. The largest absolute Gasteiger partial charge is 0.494 e. The van der Waals surface area contributed by atoms with Gasteiger partial charge in [-0.05, 0) is 25.8 Å². The zero-order chi connectivity index (χ0) is 20.8. The Bertz CT molecular complexity index is 1050. The molecule has 0 radical (unpaired) electrons. The maximum Gasteiger partial charge on any atom is 0.409 e. The number of hydrogen-bond donors (Lipinski definition) is 1. The molecule has 29 heavy (non-hydrogen) atoms. The van der Waals surface area contributed by atoms with Crippen molar-refractivity contribution in [2.24, 2.45) is 0 Å². The topological polar surface area (TPSA) is 73.6 Å². The van der Waals surface area contributed by atoms with E-state index in [1.54, 1.807) is 16.8 Å². The predicted octanol–water partition coefficient (Wildman–Crippen LogP) is 3.47. The van der Waals surface area contributed by atoms with Crippen LogP contribution in [0, 0.1) is 6.92 Å². The van der Waals surface area contributed by atoms with Crippen molar-refractivity contribution in [1.29, 1.82) is 0 Å². The van der Waals surface area contributed by atoms with Gasteiger partial charge in [-0.3, -0.25) is 10.3 Å². The summed E-state index contributed by atoms with van der Waals surface area (Å²) < 4.78 is 53.4. The van der Waals surface area contributed by atoms with Crippen molar-refractivity contribution in [2.45, 2.75) is 38.0 Å². The fourth-order valence-electron chi connectivity index (χ4n) is 3.17. The molecule has 3 aromatic heterocycles. The minimum Gasteiger partial charge on any atom is -0.494 e. The highest BCUT2D eigenvalue weighted by atomic mass is 19.4. The van der Waals surface area contributed by atoms with Crippen LogP contribution in [0.4, 0.5) is 13.2 Å². The number of fused-ring (bicyclic) bond motifs is 1. The molecule has 1 unspecified atom stereocenters. The van der Waals surface area contributed by atoms with Crippen molar-refractivity contribution < 1.29 is 22.6 Å². The molecule has 10 heteroatoms. The lowest BCUT2D eigenvalue weighted by molar-refractivity contribution is -0.159. The van der Waals surface area contributed by atoms with E-state index in [0.717, 1.165) is 18.5 Å². The Balaban J connectivity index is 1.84. The van der Waals surface area contributed by atoms with Crippen LogP contribution < -0.4 is 14.8 Å². The van der Waals surface area contributed by atoms with Gasteiger partial charge in [-0.2, -0.15) is 13.2 Å². The van der Waals surface area contributed by atoms with Gasteiger partial charge in [0.1, 0.15) is 11.8 Å². The summed E-state index contributed by atoms with van der Waals surface area (Å²) in [7, 11) is 2.89. The molecule has 3 aromatic rings. The first-order valence-electron chi connectivity index (χ1n) is 9.07. The zero-order valence-corrected chi connectivity index (χ0v) is 16.1. The van der Waals surface area contributed by atoms with Crippen molar-refractivity contribution >= 4 is 5.65 Å². The number of rotatable bonds is 6. The third-order valence-corrected chi connectivity index (χ3v) is 4.71. The Labute approximate surface area is 164 Å². The number of pyridine rings is 1. The van der Waals surface area contributed by atoms with Crippen LogP contribution in [-0.2, 0) is 0 Å². The molecule has 0 aromatic carbocycles. The highest BCUT2D eigenvalue weighted by Crippen LogP contribution is 2.38. The number of methoxy groups -OCH3 is 2. The molecule has 7 nitrogen and oxygen atoms in total. The lowest BCUT2D eigenvalue weighted by Gasteiger charge is -2.22. The number of nitrogens with zero attached hydrogens (tertiary/aromatic N) is 4. The fraction of sp³-hybridized carbons (Fsp3) is 0.421. The molecule has 154 valence electrons. The number of imidazole rings is 1. The van der Waals surface area contributed by atoms with Gasteiger partial charge < -0.3 is 13.9 Å². The molecule has 1 fully saturated rings. The van der Waals surface area contributed by atoms with Crippen LogP contribution in [0.2, 0.25) is 0 Å². The van der Waals surface area contributed by atoms with E-state index in [4.69, 9.17) is 9.47 Å². The molecular weight excluding hydrogens is 387 g/mol. The number of alkyl halides is 3. The average molecular weight is 407 g/mol. The molecular formula is C19H20F3N5O2. The van der Waals surface area contributed by atoms with E-state index < -0.39 is 12.2 Å². The number of halogens is 3. The lowest BCUT2D eigenvalue weighted by Crippen LogP contribution is -2.36. The Hall–Kier alpha value is -2.88. The van der Waals surface area contributed by atoms with Gasteiger partial charge in [-0.1, -0.05) is 0 Å². The summed E-state index contributed by atoms with van der Waals surface area (Å²) in [5.41, 5.74) is 1.92. The van der Waals surface area contributed by atoms with Gasteiger partial charge in [-0.25, -0.2) is 9.97 Å². The maximum absolute atomic E-state index is 13.7. The molecule has 0 saturated heterocycles. The number of hydrogen-bond acceptors (Lipinski definition) is 6. The third kappa shape index (κ3) is 3.84. The summed E-state index contributed by atoms with van der Waals surface area (Å²) in [6.07, 6.45) is 1.73. The molecule has 0 bridgehead atoms. The van der Waals surface area contributed by atoms with Gasteiger partial charge in [0.15, 0.2) is 0 Å². The average Bonchev–Trinajstić information content (AvgIpc) is 3.42. The van der Waals surface area contributed by atoms with Gasteiger partial charge in [0, 0.05) is 24.0 Å². The molecule has 3 heterocycles. The van der Waals surface area contributed by atoms with Gasteiger partial charge in [0.05, 0.1) is 37.5 Å². The van der Waals surface area contributed by atoms with E-state index in [1.807, 2.05) is 6.92 Å². The van der Waals surface area contributed by atoms with Gasteiger partial charge >= 0.3 is 6.18 Å². The van der Waals surface area contributed by atoms with E-state index in [2.05, 4.69) is 20.3 Å². The third-order valence-electron chi connectivity index (χ3n) is 4.71. The van der Waals surface area contributed by atoms with Gasteiger partial charge in [0.2, 0.25) is 5.65 Å². The van der Waals surface area contributed by atoms with Crippen LogP contribution in [0.1, 0.15) is 30.3 Å². The minimum atomic E-state index is -4.47. The van der Waals surface area contributed by atoms with E-state index in [0.29, 0.717) is 22.7 Å². The molecule has 1 aliphatic rings. The second-order valence-electron chi connectivity index (χ2n) is 6.97. The Kier molecular flexibility index (Phi) is 4.81. The second kappa shape index (κ2) is 7.18. The van der Waals surface area contributed by atoms with Crippen LogP contribution in [0.15, 0.2) is 24.7 Å². The molecule has 1 aliphatic carbocycles. The van der Waals surface area contributed by atoms with Crippen LogP contribution in [-0.4, -0.2) is 45.8 Å². The molecule has 1 N–H and O–H groups in total. The minimum absolute atomic E-state index is 0.136. The van der Waals surface area contributed by atoms with E-state index >= 15 is 0 Å². The van der Waals surface area contributed by atoms with Crippen LogP contribution in [0.3, 0.4) is 0 Å². The first-order valence-corrected chi connectivity index (χ1v) is 9.07. The molecule has 0 spiro atoms. The summed E-state index contributed by atoms with van der Waals surface area (Å²) in [4.78, 5) is 12.8. The van der Waals surface area contributed by atoms with E-state index in [9.17, 15) is 13.2 Å². The van der Waals surface area contributed by atoms with Crippen molar-refractivity contribution in [3.8, 4) is 22.9 Å². The normalized spacial score (nSPS) is 15.5. The lowest BCUT2D eigenvalue weighted by atomic mass is 10.1. The van der Waals surface area contributed by atoms with Crippen molar-refractivity contribution in [3.05, 3.63) is 36.0 Å². The maximum atomic E-state index is 13.7. The first kappa shape index (κ1) is 19.4. The SMILES string of the molecule is COc1cnc(C(NC2CC2)C(F)(F)F)cc1-c1cn2cc(C)nc2c(OC)n1. The number of nitrogens with one attached hydrogen (secondary N) is 1. The van der Waals surface area contributed by atoms with Crippen LogP contribution in [0.5, 0.6) is 11.6 Å². The van der Waals surface area contributed by atoms with Crippen LogP contribution >= 0.6 is 0 Å². The summed E-state index contributed by atoms with van der Waals surface area (Å²) in [5.74, 6) is 0.575. The molecule has 0 amide bonds. The summed E-state index contributed by atoms with van der Waals surface area (Å²) in [6, 6.07) is -0.637. The second-order valence-corrected chi connectivity index (χ2v) is 6.97. The predicted molar refractivity (Wildman–Crippen MR) is 99.0 cm³/mol. The van der Waals surface area contributed by atoms with Crippen molar-refractivity contribution in [3.63, 3.8) is 0 Å². The molecule has 1 atom stereocenters. The quantitative estimate of drug-likeness (QED) is 0.675. The Morgan fingerprint density at radius 1 is 1.17 bits per heavy atom. The van der Waals surface area contributed by atoms with Gasteiger partial charge in [0.25, 0.3) is 5.88 Å². The smallest absolute Gasteiger partial charge is 0.409 e. The van der Waals surface area contributed by atoms with E-state index in [-0.39, 0.29) is 17.6 Å². The highest BCUT2D eigenvalue weighted by Gasteiger charge is 2.44. The zero-order valence-electron chi connectivity index (χ0n) is 16.1. The summed E-state index contributed by atoms with van der Waals surface area (Å²) >= 11 is 0. The van der Waals surface area contributed by atoms with Crippen molar-refractivity contribution in [2.75, 3.05) is 14.2 Å². The Morgan fingerprint density at radius 2 is 1.93 bits per heavy atom. The van der Waals surface area contributed by atoms with Crippen molar-refractivity contribution in [1.82, 2.24) is 24.7 Å². The molecule has 4 rings (SSSR count). The monoisotopic (exact) mass is 407 g/mol. The molecule has 0 aliphatic heterocycles. The standard InChI is InChI=1S/C19H20F3N5O2/c1-10-8-27-9-14(26-18(29-3)17(27)24-10)12-6-13(23-7-15(12)28-2)16(19(20,21)22)25-11-4-5-11/h6-9,11,16,25H,4-5H2,1-3H3. The van der Waals surface area contributed by atoms with E-state index in [1.165, 1.54) is 26.5 Å². The van der Waals surface area contributed by atoms with Gasteiger partial charge in [-0.15, -0.1) is 0 Å².